The Morgan fingerprint density at radius 2 is 1.57 bits per heavy atom. The summed E-state index contributed by atoms with van der Waals surface area (Å²) < 4.78 is 31.8. The molecule has 1 amide bonds. The standard InChI is InChI=1S/C21H23NO5S/c1-20(2,3)27-19(24)22-21(14-23)17(15-10-6-4-7-11-15)18(21)28(25,26)16-12-8-5-9-13-16/h4-14,17-18H,1-3H3,(H,22,24)/t17-,18-,21+/m0/s1. The molecule has 2 aromatic rings. The van der Waals surface area contributed by atoms with Crippen LogP contribution in [0.1, 0.15) is 32.3 Å². The predicted octanol–water partition coefficient (Wildman–Crippen LogP) is 3.09. The molecular formula is C21H23NO5S. The maximum atomic E-state index is 13.3. The number of hydrogen-bond donors (Lipinski definition) is 1. The first-order valence-electron chi connectivity index (χ1n) is 8.93. The van der Waals surface area contributed by atoms with Crippen molar-refractivity contribution in [2.24, 2.45) is 0 Å². The first-order chi connectivity index (χ1) is 13.1. The fraction of sp³-hybridized carbons (Fsp3) is 0.333. The predicted molar refractivity (Wildman–Crippen MR) is 105 cm³/mol. The summed E-state index contributed by atoms with van der Waals surface area (Å²) in [5.74, 6) is -0.705. The normalized spacial score (nSPS) is 24.2. The molecule has 0 bridgehead atoms. The number of rotatable bonds is 5. The summed E-state index contributed by atoms with van der Waals surface area (Å²) in [4.78, 5) is 24.6. The second-order valence-electron chi connectivity index (χ2n) is 7.84. The van der Waals surface area contributed by atoms with Gasteiger partial charge in [0, 0.05) is 5.92 Å². The van der Waals surface area contributed by atoms with Crippen molar-refractivity contribution in [2.75, 3.05) is 0 Å². The highest BCUT2D eigenvalue weighted by atomic mass is 32.2. The number of amides is 1. The van der Waals surface area contributed by atoms with E-state index in [1.54, 1.807) is 69.3 Å². The van der Waals surface area contributed by atoms with Gasteiger partial charge in [-0.05, 0) is 38.5 Å². The van der Waals surface area contributed by atoms with Gasteiger partial charge in [-0.1, -0.05) is 48.5 Å². The van der Waals surface area contributed by atoms with Gasteiger partial charge < -0.3 is 14.8 Å². The lowest BCUT2D eigenvalue weighted by molar-refractivity contribution is -0.110. The quantitative estimate of drug-likeness (QED) is 0.778. The Bertz CT molecular complexity index is 967. The number of carbonyl (C=O) groups excluding carboxylic acids is 2. The van der Waals surface area contributed by atoms with E-state index in [9.17, 15) is 18.0 Å². The molecule has 28 heavy (non-hydrogen) atoms. The van der Waals surface area contributed by atoms with Crippen LogP contribution in [-0.2, 0) is 19.4 Å². The first kappa shape index (κ1) is 20.1. The molecule has 3 atom stereocenters. The molecule has 148 valence electrons. The molecule has 3 rings (SSSR count). The Hall–Kier alpha value is -2.67. The molecule has 0 radical (unpaired) electrons. The van der Waals surface area contributed by atoms with Gasteiger partial charge in [0.2, 0.25) is 0 Å². The van der Waals surface area contributed by atoms with Crippen molar-refractivity contribution in [1.82, 2.24) is 5.32 Å². The van der Waals surface area contributed by atoms with Crippen LogP contribution in [0.3, 0.4) is 0 Å². The minimum absolute atomic E-state index is 0.107. The van der Waals surface area contributed by atoms with Gasteiger partial charge in [-0.2, -0.15) is 0 Å². The lowest BCUT2D eigenvalue weighted by Gasteiger charge is -2.22. The van der Waals surface area contributed by atoms with Crippen molar-refractivity contribution in [3.05, 3.63) is 66.2 Å². The van der Waals surface area contributed by atoms with E-state index in [0.717, 1.165) is 0 Å². The van der Waals surface area contributed by atoms with Gasteiger partial charge >= 0.3 is 6.09 Å². The van der Waals surface area contributed by atoms with E-state index in [1.807, 2.05) is 0 Å². The smallest absolute Gasteiger partial charge is 0.408 e. The number of carbonyl (C=O) groups is 2. The van der Waals surface area contributed by atoms with Crippen LogP contribution in [0, 0.1) is 0 Å². The van der Waals surface area contributed by atoms with Gasteiger partial charge in [0.1, 0.15) is 22.7 Å². The Kier molecular flexibility index (Phi) is 5.06. The van der Waals surface area contributed by atoms with Gasteiger partial charge in [-0.3, -0.25) is 0 Å². The average Bonchev–Trinajstić information content (AvgIpc) is 3.31. The van der Waals surface area contributed by atoms with Crippen LogP contribution in [0.15, 0.2) is 65.6 Å². The van der Waals surface area contributed by atoms with Crippen molar-refractivity contribution in [3.63, 3.8) is 0 Å². The summed E-state index contributed by atoms with van der Waals surface area (Å²) in [6.07, 6.45) is -0.314. The van der Waals surface area contributed by atoms with E-state index < -0.39 is 38.2 Å². The van der Waals surface area contributed by atoms with Crippen LogP contribution >= 0.6 is 0 Å². The molecule has 0 aliphatic heterocycles. The minimum Gasteiger partial charge on any atom is -0.444 e. The van der Waals surface area contributed by atoms with E-state index in [1.165, 1.54) is 12.1 Å². The highest BCUT2D eigenvalue weighted by Crippen LogP contribution is 2.56. The van der Waals surface area contributed by atoms with Gasteiger partial charge in [0.25, 0.3) is 0 Å². The summed E-state index contributed by atoms with van der Waals surface area (Å²) in [6, 6.07) is 16.8. The molecular weight excluding hydrogens is 378 g/mol. The molecule has 0 heterocycles. The summed E-state index contributed by atoms with van der Waals surface area (Å²) in [5.41, 5.74) is -1.70. The summed E-state index contributed by atoms with van der Waals surface area (Å²) in [6.45, 7) is 5.08. The SMILES string of the molecule is CC(C)(C)OC(=O)N[C@]1(C=O)[C@@H](c2ccccc2)[C@@H]1S(=O)(=O)c1ccccc1. The van der Waals surface area contributed by atoms with E-state index in [2.05, 4.69) is 5.32 Å². The van der Waals surface area contributed by atoms with E-state index in [4.69, 9.17) is 4.74 Å². The van der Waals surface area contributed by atoms with Crippen LogP contribution in [0.25, 0.3) is 0 Å². The fourth-order valence-corrected chi connectivity index (χ4v) is 5.74. The molecule has 0 saturated heterocycles. The van der Waals surface area contributed by atoms with Gasteiger partial charge in [-0.15, -0.1) is 0 Å². The third kappa shape index (κ3) is 3.67. The highest BCUT2D eigenvalue weighted by molar-refractivity contribution is 7.92. The number of aldehydes is 1. The number of sulfone groups is 1. The Labute approximate surface area is 164 Å². The number of benzene rings is 2. The largest absolute Gasteiger partial charge is 0.444 e. The van der Waals surface area contributed by atoms with Crippen molar-refractivity contribution in [2.45, 2.75) is 48.0 Å². The molecule has 7 heteroatoms. The van der Waals surface area contributed by atoms with Crippen LogP contribution in [0.4, 0.5) is 4.79 Å². The molecule has 0 aromatic heterocycles. The topological polar surface area (TPSA) is 89.5 Å². The molecule has 0 unspecified atom stereocenters. The maximum Gasteiger partial charge on any atom is 0.408 e. The van der Waals surface area contributed by atoms with Crippen LogP contribution < -0.4 is 5.32 Å². The Morgan fingerprint density at radius 3 is 2.07 bits per heavy atom. The lowest BCUT2D eigenvalue weighted by atomic mass is 10.1. The number of ether oxygens (including phenoxy) is 1. The Morgan fingerprint density at radius 1 is 1.04 bits per heavy atom. The van der Waals surface area contributed by atoms with E-state index in [0.29, 0.717) is 11.8 Å². The number of alkyl carbamates (subject to hydrolysis) is 1. The summed E-state index contributed by atoms with van der Waals surface area (Å²) in [5, 5.41) is 1.42. The van der Waals surface area contributed by atoms with Crippen molar-refractivity contribution in [1.29, 1.82) is 0 Å². The molecule has 1 saturated carbocycles. The monoisotopic (exact) mass is 401 g/mol. The average molecular weight is 401 g/mol. The van der Waals surface area contributed by atoms with Crippen LogP contribution in [0.2, 0.25) is 0 Å². The molecule has 0 spiro atoms. The van der Waals surface area contributed by atoms with E-state index in [-0.39, 0.29) is 4.90 Å². The molecule has 1 N–H and O–H groups in total. The highest BCUT2D eigenvalue weighted by Gasteiger charge is 2.73. The zero-order valence-electron chi connectivity index (χ0n) is 16.0. The molecule has 1 aliphatic rings. The second kappa shape index (κ2) is 7.05. The minimum atomic E-state index is -3.87. The molecule has 1 fully saturated rings. The third-order valence-electron chi connectivity index (χ3n) is 4.66. The van der Waals surface area contributed by atoms with Gasteiger partial charge in [0.05, 0.1) is 4.90 Å². The zero-order valence-corrected chi connectivity index (χ0v) is 16.8. The lowest BCUT2D eigenvalue weighted by Crippen LogP contribution is -2.45. The zero-order chi connectivity index (χ0) is 20.6. The second-order valence-corrected chi connectivity index (χ2v) is 9.91. The first-order valence-corrected chi connectivity index (χ1v) is 10.5. The van der Waals surface area contributed by atoms with Crippen molar-refractivity contribution < 1.29 is 22.7 Å². The summed E-state index contributed by atoms with van der Waals surface area (Å²) >= 11 is 0. The van der Waals surface area contributed by atoms with Crippen LogP contribution in [0.5, 0.6) is 0 Å². The van der Waals surface area contributed by atoms with Crippen molar-refractivity contribution in [3.8, 4) is 0 Å². The van der Waals surface area contributed by atoms with E-state index >= 15 is 0 Å². The number of nitrogens with one attached hydrogen (secondary N) is 1. The molecule has 6 nitrogen and oxygen atoms in total. The fourth-order valence-electron chi connectivity index (χ4n) is 3.48. The Balaban J connectivity index is 2.03. The molecule has 1 aliphatic carbocycles. The summed E-state index contributed by atoms with van der Waals surface area (Å²) in [7, 11) is -3.87. The maximum absolute atomic E-state index is 13.3. The van der Waals surface area contributed by atoms with Gasteiger partial charge in [-0.25, -0.2) is 13.2 Å². The number of hydrogen-bond acceptors (Lipinski definition) is 5. The third-order valence-corrected chi connectivity index (χ3v) is 6.92. The van der Waals surface area contributed by atoms with Crippen LogP contribution in [-0.4, -0.2) is 37.2 Å². The van der Waals surface area contributed by atoms with Crippen molar-refractivity contribution >= 4 is 22.2 Å². The van der Waals surface area contributed by atoms with Gasteiger partial charge in [0.15, 0.2) is 9.84 Å². The molecule has 2 aromatic carbocycles.